The van der Waals surface area contributed by atoms with Gasteiger partial charge in [0.05, 0.1) is 0 Å². The standard InChI is InChI=1S/C17H19NO3S/c19-16(18-10-4-7-14(18)17(20)21)9-3-5-12-11-22-15-8-2-1-6-13(12)15/h1-2,6,8,11,14H,3-5,7,9-10H2,(H,20,21). The summed E-state index contributed by atoms with van der Waals surface area (Å²) in [6, 6.07) is 7.67. The highest BCUT2D eigenvalue weighted by Crippen LogP contribution is 2.27. The summed E-state index contributed by atoms with van der Waals surface area (Å²) in [5, 5.41) is 12.6. The highest BCUT2D eigenvalue weighted by molar-refractivity contribution is 7.17. The number of benzene rings is 1. The Hall–Kier alpha value is -1.88. The number of likely N-dealkylation sites (tertiary alicyclic amines) is 1. The molecule has 1 aromatic heterocycles. The van der Waals surface area contributed by atoms with Gasteiger partial charge in [-0.2, -0.15) is 0 Å². The lowest BCUT2D eigenvalue weighted by Gasteiger charge is -2.21. The molecule has 1 saturated heterocycles. The summed E-state index contributed by atoms with van der Waals surface area (Å²) in [5.41, 5.74) is 1.28. The largest absolute Gasteiger partial charge is 0.480 e. The molecule has 5 heteroatoms. The van der Waals surface area contributed by atoms with Gasteiger partial charge in [0.2, 0.25) is 5.91 Å². The number of fused-ring (bicyclic) bond motifs is 1. The summed E-state index contributed by atoms with van der Waals surface area (Å²) in [6.45, 7) is 0.581. The second kappa shape index (κ2) is 6.48. The summed E-state index contributed by atoms with van der Waals surface area (Å²) in [5.74, 6) is -0.904. The van der Waals surface area contributed by atoms with Gasteiger partial charge >= 0.3 is 5.97 Å². The molecule has 2 aromatic rings. The number of thiophene rings is 1. The van der Waals surface area contributed by atoms with Crippen molar-refractivity contribution in [1.82, 2.24) is 4.90 Å². The number of carbonyl (C=O) groups is 2. The fourth-order valence-electron chi connectivity index (χ4n) is 3.12. The van der Waals surface area contributed by atoms with Crippen LogP contribution in [0.4, 0.5) is 0 Å². The Labute approximate surface area is 133 Å². The van der Waals surface area contributed by atoms with Crippen molar-refractivity contribution in [1.29, 1.82) is 0 Å². The molecule has 0 aliphatic carbocycles. The van der Waals surface area contributed by atoms with Crippen LogP contribution in [0, 0.1) is 0 Å². The zero-order valence-corrected chi connectivity index (χ0v) is 13.1. The lowest BCUT2D eigenvalue weighted by Crippen LogP contribution is -2.40. The van der Waals surface area contributed by atoms with E-state index >= 15 is 0 Å². The number of aryl methyl sites for hydroxylation is 1. The van der Waals surface area contributed by atoms with Crippen molar-refractivity contribution in [2.75, 3.05) is 6.54 Å². The molecule has 0 saturated carbocycles. The molecule has 1 atom stereocenters. The number of rotatable bonds is 5. The highest BCUT2D eigenvalue weighted by atomic mass is 32.1. The molecule has 22 heavy (non-hydrogen) atoms. The van der Waals surface area contributed by atoms with Crippen molar-refractivity contribution in [2.24, 2.45) is 0 Å². The first-order chi connectivity index (χ1) is 10.7. The molecule has 0 radical (unpaired) electrons. The van der Waals surface area contributed by atoms with Crippen LogP contribution in [0.5, 0.6) is 0 Å². The first-order valence-corrected chi connectivity index (χ1v) is 8.52. The molecule has 1 N–H and O–H groups in total. The zero-order valence-electron chi connectivity index (χ0n) is 12.3. The molecular weight excluding hydrogens is 298 g/mol. The van der Waals surface area contributed by atoms with Crippen molar-refractivity contribution >= 4 is 33.3 Å². The predicted octanol–water partition coefficient (Wildman–Crippen LogP) is 3.30. The second-order valence-corrected chi connectivity index (χ2v) is 6.61. The van der Waals surface area contributed by atoms with E-state index in [-0.39, 0.29) is 5.91 Å². The first-order valence-electron chi connectivity index (χ1n) is 7.64. The minimum atomic E-state index is -0.880. The van der Waals surface area contributed by atoms with Crippen LogP contribution in [-0.2, 0) is 16.0 Å². The van der Waals surface area contributed by atoms with Gasteiger partial charge in [0, 0.05) is 17.7 Å². The Balaban J connectivity index is 1.57. The first kappa shape index (κ1) is 15.0. The van der Waals surface area contributed by atoms with Gasteiger partial charge in [-0.1, -0.05) is 18.2 Å². The highest BCUT2D eigenvalue weighted by Gasteiger charge is 2.33. The lowest BCUT2D eigenvalue weighted by atomic mass is 10.1. The molecule has 0 spiro atoms. The average Bonchev–Trinajstić information content (AvgIpc) is 3.14. The van der Waals surface area contributed by atoms with Gasteiger partial charge in [-0.05, 0) is 48.1 Å². The lowest BCUT2D eigenvalue weighted by molar-refractivity contribution is -0.148. The van der Waals surface area contributed by atoms with E-state index in [1.54, 1.807) is 11.3 Å². The Kier molecular flexibility index (Phi) is 4.43. The molecule has 116 valence electrons. The van der Waals surface area contributed by atoms with Crippen LogP contribution >= 0.6 is 11.3 Å². The third-order valence-corrected chi connectivity index (χ3v) is 5.27. The van der Waals surface area contributed by atoms with Crippen LogP contribution in [0.3, 0.4) is 0 Å². The van der Waals surface area contributed by atoms with Crippen molar-refractivity contribution in [3.63, 3.8) is 0 Å². The van der Waals surface area contributed by atoms with E-state index in [0.29, 0.717) is 19.4 Å². The van der Waals surface area contributed by atoms with Crippen LogP contribution in [0.15, 0.2) is 29.6 Å². The molecule has 1 fully saturated rings. The third-order valence-electron chi connectivity index (χ3n) is 4.26. The molecule has 0 bridgehead atoms. The van der Waals surface area contributed by atoms with Gasteiger partial charge in [-0.15, -0.1) is 11.3 Å². The Morgan fingerprint density at radius 2 is 2.14 bits per heavy atom. The molecule has 1 aliphatic rings. The summed E-state index contributed by atoms with van der Waals surface area (Å²) in [4.78, 5) is 24.9. The normalized spacial score (nSPS) is 18.0. The molecule has 3 rings (SSSR count). The van der Waals surface area contributed by atoms with Crippen molar-refractivity contribution < 1.29 is 14.7 Å². The quantitative estimate of drug-likeness (QED) is 0.920. The van der Waals surface area contributed by atoms with E-state index < -0.39 is 12.0 Å². The maximum Gasteiger partial charge on any atom is 0.326 e. The van der Waals surface area contributed by atoms with E-state index in [2.05, 4.69) is 17.5 Å². The monoisotopic (exact) mass is 317 g/mol. The van der Waals surface area contributed by atoms with Crippen LogP contribution < -0.4 is 0 Å². The van der Waals surface area contributed by atoms with Gasteiger partial charge in [0.25, 0.3) is 0 Å². The van der Waals surface area contributed by atoms with Gasteiger partial charge in [0.15, 0.2) is 0 Å². The number of amides is 1. The summed E-state index contributed by atoms with van der Waals surface area (Å²) in [6.07, 6.45) is 3.42. The minimum Gasteiger partial charge on any atom is -0.480 e. The SMILES string of the molecule is O=C(O)C1CCCN1C(=O)CCCc1csc2ccccc12. The van der Waals surface area contributed by atoms with Gasteiger partial charge in [-0.25, -0.2) is 4.79 Å². The molecule has 1 aliphatic heterocycles. The second-order valence-electron chi connectivity index (χ2n) is 5.69. The van der Waals surface area contributed by atoms with E-state index in [9.17, 15) is 9.59 Å². The number of aliphatic carboxylic acids is 1. The number of carboxylic acids is 1. The minimum absolute atomic E-state index is 0.0237. The smallest absolute Gasteiger partial charge is 0.326 e. The van der Waals surface area contributed by atoms with Crippen LogP contribution in [0.1, 0.15) is 31.2 Å². The molecule has 1 aromatic carbocycles. The van der Waals surface area contributed by atoms with Crippen molar-refractivity contribution in [3.8, 4) is 0 Å². The van der Waals surface area contributed by atoms with Gasteiger partial charge in [-0.3, -0.25) is 4.79 Å². The fraction of sp³-hybridized carbons (Fsp3) is 0.412. The third kappa shape index (κ3) is 2.99. The average molecular weight is 317 g/mol. The Bertz CT molecular complexity index is 694. The van der Waals surface area contributed by atoms with E-state index in [1.165, 1.54) is 20.5 Å². The molecular formula is C17H19NO3S. The van der Waals surface area contributed by atoms with Gasteiger partial charge in [0.1, 0.15) is 6.04 Å². The van der Waals surface area contributed by atoms with Crippen LogP contribution in [0.25, 0.3) is 10.1 Å². The van der Waals surface area contributed by atoms with E-state index in [1.807, 2.05) is 12.1 Å². The fourth-order valence-corrected chi connectivity index (χ4v) is 4.12. The Morgan fingerprint density at radius 1 is 1.32 bits per heavy atom. The van der Waals surface area contributed by atoms with Crippen LogP contribution in [0.2, 0.25) is 0 Å². The van der Waals surface area contributed by atoms with Crippen molar-refractivity contribution in [2.45, 2.75) is 38.1 Å². The van der Waals surface area contributed by atoms with Crippen molar-refractivity contribution in [3.05, 3.63) is 35.2 Å². The van der Waals surface area contributed by atoms with E-state index in [0.717, 1.165) is 19.3 Å². The summed E-state index contributed by atoms with van der Waals surface area (Å²) < 4.78 is 1.27. The van der Waals surface area contributed by atoms with Gasteiger partial charge < -0.3 is 10.0 Å². The predicted molar refractivity (Wildman–Crippen MR) is 87.1 cm³/mol. The summed E-state index contributed by atoms with van der Waals surface area (Å²) in [7, 11) is 0. The number of carbonyl (C=O) groups excluding carboxylic acids is 1. The number of carboxylic acid groups (broad SMARTS) is 1. The molecule has 1 unspecified atom stereocenters. The maximum atomic E-state index is 12.2. The number of hydrogen-bond donors (Lipinski definition) is 1. The number of nitrogens with zero attached hydrogens (tertiary/aromatic N) is 1. The Morgan fingerprint density at radius 3 is 2.95 bits per heavy atom. The van der Waals surface area contributed by atoms with Crippen LogP contribution in [-0.4, -0.2) is 34.5 Å². The molecule has 4 nitrogen and oxygen atoms in total. The zero-order chi connectivity index (χ0) is 15.5. The molecule has 2 heterocycles. The maximum absolute atomic E-state index is 12.2. The number of hydrogen-bond acceptors (Lipinski definition) is 3. The summed E-state index contributed by atoms with van der Waals surface area (Å²) >= 11 is 1.73. The van der Waals surface area contributed by atoms with E-state index in [4.69, 9.17) is 5.11 Å². The topological polar surface area (TPSA) is 57.6 Å². The molecule has 1 amide bonds.